The fourth-order valence-corrected chi connectivity index (χ4v) is 5.23. The van der Waals surface area contributed by atoms with Crippen LogP contribution in [0.2, 0.25) is 0 Å². The van der Waals surface area contributed by atoms with Crippen molar-refractivity contribution < 1.29 is 18.7 Å². The van der Waals surface area contributed by atoms with Crippen molar-refractivity contribution >= 4 is 17.0 Å². The van der Waals surface area contributed by atoms with Crippen molar-refractivity contribution in [2.45, 2.75) is 66.0 Å². The number of para-hydroxylation sites is 1. The Balaban J connectivity index is 1.78. The predicted octanol–water partition coefficient (Wildman–Crippen LogP) is 5.98. The van der Waals surface area contributed by atoms with E-state index in [0.29, 0.717) is 36.0 Å². The third-order valence-corrected chi connectivity index (χ3v) is 6.97. The van der Waals surface area contributed by atoms with E-state index in [4.69, 9.17) is 14.6 Å². The molecule has 5 rings (SSSR count). The van der Waals surface area contributed by atoms with Gasteiger partial charge in [0.2, 0.25) is 0 Å². The first kappa shape index (κ1) is 25.8. The third kappa shape index (κ3) is 4.40. The lowest BCUT2D eigenvalue weighted by molar-refractivity contribution is 0.0224. The highest BCUT2D eigenvalue weighted by molar-refractivity contribution is 5.98. The summed E-state index contributed by atoms with van der Waals surface area (Å²) < 4.78 is 28.4. The molecule has 0 bridgehead atoms. The maximum absolute atomic E-state index is 15.4. The molecule has 1 aliphatic heterocycles. The van der Waals surface area contributed by atoms with Gasteiger partial charge in [0, 0.05) is 29.5 Å². The van der Waals surface area contributed by atoms with E-state index < -0.39 is 11.4 Å². The number of nitrogens with one attached hydrogen (secondary N) is 1. The average Bonchev–Trinajstić information content (AvgIpc) is 3.51. The number of methoxy groups -OCH3 is 1. The molecule has 0 unspecified atom stereocenters. The molecule has 4 aromatic rings. The summed E-state index contributed by atoms with van der Waals surface area (Å²) in [5.74, 6) is -0.389. The van der Waals surface area contributed by atoms with Crippen molar-refractivity contribution in [3.05, 3.63) is 58.7 Å². The zero-order valence-electron chi connectivity index (χ0n) is 22.8. The van der Waals surface area contributed by atoms with Gasteiger partial charge >= 0.3 is 6.09 Å². The molecule has 2 aromatic carbocycles. The monoisotopic (exact) mass is 519 g/mol. The van der Waals surface area contributed by atoms with Crippen LogP contribution in [0.3, 0.4) is 0 Å². The first-order valence-electron chi connectivity index (χ1n) is 13.1. The number of hydrogen-bond donors (Lipinski definition) is 1. The highest BCUT2D eigenvalue weighted by Crippen LogP contribution is 2.41. The number of benzene rings is 2. The summed E-state index contributed by atoms with van der Waals surface area (Å²) in [6.07, 6.45) is 3.50. The van der Waals surface area contributed by atoms with Crippen molar-refractivity contribution in [1.29, 1.82) is 0 Å². The quantitative estimate of drug-likeness (QED) is 0.351. The van der Waals surface area contributed by atoms with Crippen LogP contribution in [-0.4, -0.2) is 50.2 Å². The van der Waals surface area contributed by atoms with Gasteiger partial charge in [0.25, 0.3) is 0 Å². The number of carbonyl (C=O) groups is 1. The van der Waals surface area contributed by atoms with Gasteiger partial charge in [0.05, 0.1) is 36.9 Å². The summed E-state index contributed by atoms with van der Waals surface area (Å²) in [7, 11) is 1.44. The van der Waals surface area contributed by atoms with Gasteiger partial charge in [-0.05, 0) is 50.8 Å². The van der Waals surface area contributed by atoms with Crippen LogP contribution in [0.5, 0.6) is 5.75 Å². The molecule has 1 N–H and O–H groups in total. The Morgan fingerprint density at radius 3 is 2.53 bits per heavy atom. The summed E-state index contributed by atoms with van der Waals surface area (Å²) in [5, 5.41) is 12.9. The van der Waals surface area contributed by atoms with Gasteiger partial charge < -0.3 is 14.4 Å². The summed E-state index contributed by atoms with van der Waals surface area (Å²) in [6, 6.07) is 7.76. The number of carbonyl (C=O) groups excluding carboxylic acids is 1. The van der Waals surface area contributed by atoms with Crippen LogP contribution in [0.4, 0.5) is 9.18 Å². The van der Waals surface area contributed by atoms with E-state index in [1.54, 1.807) is 11.1 Å². The van der Waals surface area contributed by atoms with E-state index in [0.717, 1.165) is 46.6 Å². The van der Waals surface area contributed by atoms with Gasteiger partial charge in [-0.15, -0.1) is 0 Å². The highest BCUT2D eigenvalue weighted by Gasteiger charge is 2.33. The minimum atomic E-state index is -0.609. The normalized spacial score (nSPS) is 13.6. The number of ether oxygens (including phenoxy) is 2. The number of halogens is 1. The number of rotatable bonds is 5. The maximum Gasteiger partial charge on any atom is 0.410 e. The Bertz CT molecular complexity index is 1490. The van der Waals surface area contributed by atoms with Crippen molar-refractivity contribution in [1.82, 2.24) is 24.9 Å². The number of amides is 1. The molecule has 1 aliphatic rings. The maximum atomic E-state index is 15.4. The number of nitrogens with zero attached hydrogens (tertiary/aromatic N) is 4. The molecule has 9 heteroatoms. The molecule has 0 saturated heterocycles. The van der Waals surface area contributed by atoms with Gasteiger partial charge in [0.1, 0.15) is 11.1 Å². The molecule has 38 heavy (non-hydrogen) atoms. The summed E-state index contributed by atoms with van der Waals surface area (Å²) >= 11 is 0. The van der Waals surface area contributed by atoms with E-state index in [1.807, 2.05) is 25.5 Å². The van der Waals surface area contributed by atoms with E-state index in [9.17, 15) is 4.79 Å². The van der Waals surface area contributed by atoms with Crippen molar-refractivity contribution in [2.24, 2.45) is 0 Å². The van der Waals surface area contributed by atoms with Crippen molar-refractivity contribution in [3.63, 3.8) is 0 Å². The molecule has 0 aliphatic carbocycles. The molecule has 200 valence electrons. The van der Waals surface area contributed by atoms with Gasteiger partial charge in [0.15, 0.2) is 11.6 Å². The molecule has 2 aromatic heterocycles. The number of H-pyrrole nitrogens is 1. The number of aromatic amines is 1. The molecule has 0 radical (unpaired) electrons. The topological polar surface area (TPSA) is 85.3 Å². The van der Waals surface area contributed by atoms with Gasteiger partial charge in [-0.1, -0.05) is 32.0 Å². The SMILES string of the molecule is CCc1cccc(CC)c1-n1nc2c(c1-c1cc(F)c(OC)c3[nH]ncc13)CN(C(=O)OC(C)(C)C)CC2. The fraction of sp³-hybridized carbons (Fsp3) is 0.414. The van der Waals surface area contributed by atoms with Gasteiger partial charge in [-0.25, -0.2) is 13.9 Å². The molecular formula is C29H34FN5O3. The van der Waals surface area contributed by atoms with Crippen molar-refractivity contribution in [2.75, 3.05) is 13.7 Å². The van der Waals surface area contributed by atoms with E-state index in [1.165, 1.54) is 13.2 Å². The van der Waals surface area contributed by atoms with Crippen LogP contribution in [0.25, 0.3) is 27.8 Å². The number of hydrogen-bond acceptors (Lipinski definition) is 5. The largest absolute Gasteiger partial charge is 0.492 e. The smallest absolute Gasteiger partial charge is 0.410 e. The lowest BCUT2D eigenvalue weighted by Crippen LogP contribution is -2.39. The average molecular weight is 520 g/mol. The zero-order chi connectivity index (χ0) is 27.2. The van der Waals surface area contributed by atoms with Crippen LogP contribution >= 0.6 is 0 Å². The summed E-state index contributed by atoms with van der Waals surface area (Å²) in [4.78, 5) is 14.7. The Labute approximate surface area is 221 Å². The zero-order valence-corrected chi connectivity index (χ0v) is 22.8. The Kier molecular flexibility index (Phi) is 6.63. The molecule has 0 atom stereocenters. The lowest BCUT2D eigenvalue weighted by atomic mass is 9.97. The van der Waals surface area contributed by atoms with E-state index in [-0.39, 0.29) is 11.8 Å². The molecule has 0 saturated carbocycles. The lowest BCUT2D eigenvalue weighted by Gasteiger charge is -2.30. The van der Waals surface area contributed by atoms with Crippen LogP contribution in [0.15, 0.2) is 30.5 Å². The van der Waals surface area contributed by atoms with Crippen LogP contribution in [-0.2, 0) is 30.5 Å². The standard InChI is InChI=1S/C29H34FN5O3/c1-7-17-10-9-11-18(8-2)25(17)35-26(19-14-22(30)27(37-6)24-20(19)15-31-32-24)21-16-34(13-12-23(21)33-35)28(36)38-29(3,4)5/h9-11,14-15H,7-8,12-13,16H2,1-6H3,(H,31,32). The Morgan fingerprint density at radius 1 is 1.18 bits per heavy atom. The molecule has 0 spiro atoms. The Morgan fingerprint density at radius 2 is 1.89 bits per heavy atom. The Hall–Kier alpha value is -3.88. The minimum absolute atomic E-state index is 0.111. The molecular weight excluding hydrogens is 485 g/mol. The molecule has 3 heterocycles. The minimum Gasteiger partial charge on any atom is -0.492 e. The molecule has 8 nitrogen and oxygen atoms in total. The summed E-state index contributed by atoms with van der Waals surface area (Å²) in [6.45, 7) is 10.6. The third-order valence-electron chi connectivity index (χ3n) is 6.97. The van der Waals surface area contributed by atoms with Gasteiger partial charge in [-0.2, -0.15) is 10.2 Å². The highest BCUT2D eigenvalue weighted by atomic mass is 19.1. The molecule has 0 fully saturated rings. The predicted molar refractivity (Wildman–Crippen MR) is 144 cm³/mol. The first-order valence-corrected chi connectivity index (χ1v) is 13.1. The van der Waals surface area contributed by atoms with Crippen LogP contribution in [0, 0.1) is 5.82 Å². The number of aromatic nitrogens is 4. The molecule has 1 amide bonds. The first-order chi connectivity index (χ1) is 18.2. The second-order valence-corrected chi connectivity index (χ2v) is 10.6. The van der Waals surface area contributed by atoms with Gasteiger partial charge in [-0.3, -0.25) is 5.10 Å². The van der Waals surface area contributed by atoms with E-state index >= 15 is 4.39 Å². The second kappa shape index (κ2) is 9.78. The fourth-order valence-electron chi connectivity index (χ4n) is 5.23. The van der Waals surface area contributed by atoms with Crippen molar-refractivity contribution in [3.8, 4) is 22.7 Å². The number of fused-ring (bicyclic) bond motifs is 2. The van der Waals surface area contributed by atoms with Crippen LogP contribution < -0.4 is 4.74 Å². The second-order valence-electron chi connectivity index (χ2n) is 10.6. The van der Waals surface area contributed by atoms with Crippen LogP contribution in [0.1, 0.15) is 57.0 Å². The van der Waals surface area contributed by atoms with E-state index in [2.05, 4.69) is 42.2 Å². The number of aryl methyl sites for hydroxylation is 2. The summed E-state index contributed by atoms with van der Waals surface area (Å²) in [5.41, 5.74) is 6.31.